The summed E-state index contributed by atoms with van der Waals surface area (Å²) in [6, 6.07) is 0. The molecule has 5 heteroatoms. The summed E-state index contributed by atoms with van der Waals surface area (Å²) in [5, 5.41) is 8.75. The average molecular weight is 301 g/mol. The molecule has 1 fully saturated rings. The lowest BCUT2D eigenvalue weighted by Gasteiger charge is -2.30. The number of hydrogen-bond acceptors (Lipinski definition) is 4. The van der Waals surface area contributed by atoms with Gasteiger partial charge in [0.2, 0.25) is 0 Å². The van der Waals surface area contributed by atoms with Crippen LogP contribution in [0.3, 0.4) is 0 Å². The van der Waals surface area contributed by atoms with Gasteiger partial charge >= 0.3 is 6.09 Å². The number of aliphatic hydroxyl groups excluding tert-OH is 1. The van der Waals surface area contributed by atoms with E-state index in [1.54, 1.807) is 11.9 Å². The monoisotopic (exact) mass is 301 g/mol. The second-order valence-corrected chi connectivity index (χ2v) is 6.93. The fourth-order valence-electron chi connectivity index (χ4n) is 2.61. The number of ether oxygens (including phenoxy) is 2. The molecule has 0 aromatic heterocycles. The van der Waals surface area contributed by atoms with Gasteiger partial charge in [-0.15, -0.1) is 0 Å². The van der Waals surface area contributed by atoms with Gasteiger partial charge in [-0.25, -0.2) is 4.79 Å². The van der Waals surface area contributed by atoms with E-state index in [9.17, 15) is 4.79 Å². The first-order chi connectivity index (χ1) is 9.81. The Labute approximate surface area is 128 Å². The first-order valence-electron chi connectivity index (χ1n) is 7.98. The third kappa shape index (κ3) is 7.67. The number of carbonyl (C=O) groups is 1. The van der Waals surface area contributed by atoms with Crippen molar-refractivity contribution in [2.75, 3.05) is 26.8 Å². The minimum Gasteiger partial charge on any atom is -0.444 e. The highest BCUT2D eigenvalue weighted by atomic mass is 16.6. The Morgan fingerprint density at radius 1 is 1.24 bits per heavy atom. The molecule has 124 valence electrons. The van der Waals surface area contributed by atoms with Gasteiger partial charge in [0, 0.05) is 13.6 Å². The van der Waals surface area contributed by atoms with Crippen LogP contribution in [-0.2, 0) is 9.47 Å². The van der Waals surface area contributed by atoms with E-state index in [2.05, 4.69) is 0 Å². The Balaban J connectivity index is 2.20. The molecule has 0 aromatic rings. The van der Waals surface area contributed by atoms with Crippen LogP contribution in [0.15, 0.2) is 0 Å². The number of aliphatic hydroxyl groups is 1. The van der Waals surface area contributed by atoms with Gasteiger partial charge in [0.1, 0.15) is 5.60 Å². The predicted octanol–water partition coefficient (Wildman–Crippen LogP) is 2.81. The van der Waals surface area contributed by atoms with Crippen LogP contribution in [0.2, 0.25) is 0 Å². The minimum atomic E-state index is -0.437. The highest BCUT2D eigenvalue weighted by molar-refractivity contribution is 5.67. The molecule has 5 nitrogen and oxygen atoms in total. The van der Waals surface area contributed by atoms with Crippen molar-refractivity contribution in [2.24, 2.45) is 5.92 Å². The Bertz CT molecular complexity index is 306. The molecule has 1 amide bonds. The molecule has 0 aliphatic heterocycles. The normalized spacial score (nSPS) is 22.9. The number of rotatable bonds is 6. The molecule has 1 rings (SSSR count). The van der Waals surface area contributed by atoms with E-state index in [0.717, 1.165) is 38.6 Å². The van der Waals surface area contributed by atoms with Crippen LogP contribution in [-0.4, -0.2) is 54.6 Å². The molecule has 1 aliphatic rings. The van der Waals surface area contributed by atoms with Crippen LogP contribution in [0.5, 0.6) is 0 Å². The Morgan fingerprint density at radius 2 is 1.86 bits per heavy atom. The molecule has 0 radical (unpaired) electrons. The number of carbonyl (C=O) groups excluding carboxylic acids is 1. The van der Waals surface area contributed by atoms with Crippen LogP contribution in [0.25, 0.3) is 0 Å². The summed E-state index contributed by atoms with van der Waals surface area (Å²) in [6.45, 7) is 6.92. The zero-order chi connectivity index (χ0) is 15.9. The average Bonchev–Trinajstić information content (AvgIpc) is 2.41. The van der Waals surface area contributed by atoms with Gasteiger partial charge in [0.25, 0.3) is 0 Å². The lowest BCUT2D eigenvalue weighted by molar-refractivity contribution is -0.00159. The largest absolute Gasteiger partial charge is 0.444 e. The van der Waals surface area contributed by atoms with Crippen LogP contribution >= 0.6 is 0 Å². The summed E-state index contributed by atoms with van der Waals surface area (Å²) < 4.78 is 10.9. The molecular formula is C16H31NO4. The summed E-state index contributed by atoms with van der Waals surface area (Å²) >= 11 is 0. The minimum absolute atomic E-state index is 0.0978. The second-order valence-electron chi connectivity index (χ2n) is 6.93. The van der Waals surface area contributed by atoms with Crippen molar-refractivity contribution in [1.29, 1.82) is 0 Å². The summed E-state index contributed by atoms with van der Waals surface area (Å²) in [5.74, 6) is 0.656. The van der Waals surface area contributed by atoms with E-state index < -0.39 is 5.60 Å². The van der Waals surface area contributed by atoms with Gasteiger partial charge in [0.15, 0.2) is 0 Å². The SMILES string of the molecule is CN(CCC1CCC(OCCO)CC1)C(=O)OC(C)(C)C. The van der Waals surface area contributed by atoms with E-state index in [1.165, 1.54) is 0 Å². The Hall–Kier alpha value is -0.810. The standard InChI is InChI=1S/C16H31NO4/c1-16(2,3)21-15(19)17(4)10-9-13-5-7-14(8-6-13)20-12-11-18/h13-14,18H,5-12H2,1-4H3. The van der Waals surface area contributed by atoms with Gasteiger partial charge in [-0.05, 0) is 58.8 Å². The third-order valence-electron chi connectivity index (χ3n) is 3.82. The van der Waals surface area contributed by atoms with E-state index in [-0.39, 0.29) is 12.7 Å². The molecular weight excluding hydrogens is 270 g/mol. The molecule has 0 bridgehead atoms. The van der Waals surface area contributed by atoms with Crippen LogP contribution in [0.1, 0.15) is 52.9 Å². The van der Waals surface area contributed by atoms with Gasteiger partial charge in [-0.1, -0.05) is 0 Å². The second kappa shape index (κ2) is 8.59. The fraction of sp³-hybridized carbons (Fsp3) is 0.938. The van der Waals surface area contributed by atoms with Gasteiger partial charge < -0.3 is 19.5 Å². The summed E-state index contributed by atoms with van der Waals surface area (Å²) in [4.78, 5) is 13.5. The maximum atomic E-state index is 11.9. The van der Waals surface area contributed by atoms with Crippen molar-refractivity contribution in [1.82, 2.24) is 4.90 Å². The maximum absolute atomic E-state index is 11.9. The van der Waals surface area contributed by atoms with Crippen molar-refractivity contribution < 1.29 is 19.4 Å². The van der Waals surface area contributed by atoms with Crippen molar-refractivity contribution in [3.63, 3.8) is 0 Å². The number of hydrogen-bond donors (Lipinski definition) is 1. The first kappa shape index (κ1) is 18.2. The predicted molar refractivity (Wildman–Crippen MR) is 82.3 cm³/mol. The first-order valence-corrected chi connectivity index (χ1v) is 7.98. The van der Waals surface area contributed by atoms with E-state index >= 15 is 0 Å². The lowest BCUT2D eigenvalue weighted by atomic mass is 9.85. The zero-order valence-corrected chi connectivity index (χ0v) is 13.9. The molecule has 0 heterocycles. The fourth-order valence-corrected chi connectivity index (χ4v) is 2.61. The Morgan fingerprint density at radius 3 is 2.38 bits per heavy atom. The van der Waals surface area contributed by atoms with Crippen molar-refractivity contribution in [3.8, 4) is 0 Å². The van der Waals surface area contributed by atoms with E-state index in [1.807, 2.05) is 20.8 Å². The molecule has 1 saturated carbocycles. The smallest absolute Gasteiger partial charge is 0.410 e. The van der Waals surface area contributed by atoms with Crippen LogP contribution in [0, 0.1) is 5.92 Å². The molecule has 1 N–H and O–H groups in total. The third-order valence-corrected chi connectivity index (χ3v) is 3.82. The molecule has 0 aromatic carbocycles. The molecule has 0 atom stereocenters. The van der Waals surface area contributed by atoms with Crippen molar-refractivity contribution in [2.45, 2.75) is 64.6 Å². The van der Waals surface area contributed by atoms with E-state index in [0.29, 0.717) is 18.6 Å². The van der Waals surface area contributed by atoms with E-state index in [4.69, 9.17) is 14.6 Å². The number of amides is 1. The van der Waals surface area contributed by atoms with Crippen LogP contribution < -0.4 is 0 Å². The molecule has 0 unspecified atom stereocenters. The molecule has 0 saturated heterocycles. The molecule has 21 heavy (non-hydrogen) atoms. The van der Waals surface area contributed by atoms with Gasteiger partial charge in [-0.3, -0.25) is 0 Å². The van der Waals surface area contributed by atoms with Gasteiger partial charge in [-0.2, -0.15) is 0 Å². The quantitative estimate of drug-likeness (QED) is 0.819. The number of nitrogens with zero attached hydrogens (tertiary/aromatic N) is 1. The topological polar surface area (TPSA) is 59.0 Å². The maximum Gasteiger partial charge on any atom is 0.410 e. The highest BCUT2D eigenvalue weighted by Crippen LogP contribution is 2.28. The summed E-state index contributed by atoms with van der Waals surface area (Å²) in [6.07, 6.45) is 5.46. The van der Waals surface area contributed by atoms with Crippen molar-refractivity contribution in [3.05, 3.63) is 0 Å². The Kier molecular flexibility index (Phi) is 7.46. The van der Waals surface area contributed by atoms with Gasteiger partial charge in [0.05, 0.1) is 19.3 Å². The molecule has 1 aliphatic carbocycles. The van der Waals surface area contributed by atoms with Crippen LogP contribution in [0.4, 0.5) is 4.79 Å². The molecule has 0 spiro atoms. The van der Waals surface area contributed by atoms with Crippen molar-refractivity contribution >= 4 is 6.09 Å². The zero-order valence-electron chi connectivity index (χ0n) is 13.9. The lowest BCUT2D eigenvalue weighted by Crippen LogP contribution is -2.35. The highest BCUT2D eigenvalue weighted by Gasteiger charge is 2.23. The summed E-state index contributed by atoms with van der Waals surface area (Å²) in [5.41, 5.74) is -0.437. The summed E-state index contributed by atoms with van der Waals surface area (Å²) in [7, 11) is 1.80.